The van der Waals surface area contributed by atoms with Crippen LogP contribution in [0.25, 0.3) is 66.1 Å². The lowest BCUT2D eigenvalue weighted by Gasteiger charge is -2.32. The predicted octanol–water partition coefficient (Wildman–Crippen LogP) is 19.4. The minimum Gasteiger partial charge on any atom is -0.460 e. The number of amides is 3. The molecule has 12 aromatic rings. The van der Waals surface area contributed by atoms with E-state index >= 15 is 0 Å². The van der Waals surface area contributed by atoms with Gasteiger partial charge in [0, 0.05) is 114 Å². The molecule has 1 fully saturated rings. The lowest BCUT2D eigenvalue weighted by molar-refractivity contribution is 0.00578. The number of halogens is 2. The van der Waals surface area contributed by atoms with Crippen molar-refractivity contribution in [3.63, 3.8) is 0 Å². The third-order valence-corrected chi connectivity index (χ3v) is 21.0. The first-order valence-corrected chi connectivity index (χ1v) is 40.4. The SMILES string of the molecule is CCCCCN(C(=O)OCC)c1c(C(=O)OCC)oc2ccc(Br)cc12.CCCCCN(C(=O)OCC)c1c(C(=O)c2ccc3c(c2)nc(C)n3C)oc2ccc(-c3cnn(C)c3)cc12.CCCCCN(C(=O)OCC)c1c(C(=O)c2ccc3c(c2)nc(C)n3C)oc2ccc(Br)cc12.Cn1cc(B2OC(C)(C)C(C)(C)O2)cn1. The fourth-order valence-electron chi connectivity index (χ4n) is 13.2. The average Bonchev–Trinajstić information content (AvgIpc) is 1.62. The lowest BCUT2D eigenvalue weighted by atomic mass is 9.82. The van der Waals surface area contributed by atoms with E-state index in [1.54, 1.807) is 90.8 Å². The van der Waals surface area contributed by atoms with Crippen LogP contribution in [0.1, 0.15) is 188 Å². The van der Waals surface area contributed by atoms with Crippen molar-refractivity contribution in [3.05, 3.63) is 165 Å². The minimum absolute atomic E-state index is 0.0181. The highest BCUT2D eigenvalue weighted by Gasteiger charge is 2.52. The number of anilines is 3. The van der Waals surface area contributed by atoms with Gasteiger partial charge in [0.2, 0.25) is 17.3 Å². The number of esters is 1. The van der Waals surface area contributed by atoms with Gasteiger partial charge in [-0.2, -0.15) is 10.2 Å². The van der Waals surface area contributed by atoms with Gasteiger partial charge in [0.15, 0.2) is 11.5 Å². The molecule has 0 spiro atoms. The molecule has 0 N–H and O–H groups in total. The Kier molecular flexibility index (Phi) is 28.8. The summed E-state index contributed by atoms with van der Waals surface area (Å²) in [6.07, 6.45) is 14.1. The number of rotatable bonds is 26. The number of aryl methyl sites for hydroxylation is 6. The summed E-state index contributed by atoms with van der Waals surface area (Å²) in [5.41, 5.74) is 9.25. The van der Waals surface area contributed by atoms with Gasteiger partial charge in [-0.1, -0.05) is 97.2 Å². The highest BCUT2D eigenvalue weighted by Crippen LogP contribution is 2.43. The summed E-state index contributed by atoms with van der Waals surface area (Å²) in [6.45, 7) is 27.5. The van der Waals surface area contributed by atoms with Crippen LogP contribution in [0.4, 0.5) is 31.4 Å². The van der Waals surface area contributed by atoms with Gasteiger partial charge >= 0.3 is 31.4 Å². The van der Waals surface area contributed by atoms with Gasteiger partial charge in [-0.3, -0.25) is 33.7 Å². The number of nitrogens with zero attached hydrogens (tertiary/aromatic N) is 11. The molecule has 5 aromatic carbocycles. The molecular formula is C85H102BBr2N11O15. The number of fused-ring (bicyclic) bond motifs is 5. The van der Waals surface area contributed by atoms with Crippen LogP contribution in [-0.4, -0.2) is 139 Å². The molecule has 0 unspecified atom stereocenters. The van der Waals surface area contributed by atoms with Gasteiger partial charge in [-0.05, 0) is 179 Å². The summed E-state index contributed by atoms with van der Waals surface area (Å²) in [7, 11) is 7.32. The zero-order valence-corrected chi connectivity index (χ0v) is 71.3. The van der Waals surface area contributed by atoms with Crippen molar-refractivity contribution < 1.29 is 70.3 Å². The fraction of sp³-hybridized carbons (Fsp3) is 0.412. The number of carbonyl (C=O) groups is 6. The molecule has 0 radical (unpaired) electrons. The van der Waals surface area contributed by atoms with Crippen LogP contribution in [0.15, 0.2) is 138 Å². The van der Waals surface area contributed by atoms with E-state index in [4.69, 9.17) is 41.5 Å². The van der Waals surface area contributed by atoms with Crippen LogP contribution in [0.5, 0.6) is 0 Å². The van der Waals surface area contributed by atoms with Crippen molar-refractivity contribution in [2.24, 2.45) is 28.2 Å². The van der Waals surface area contributed by atoms with E-state index in [1.807, 2.05) is 146 Å². The maximum absolute atomic E-state index is 14.0. The molecule has 7 aromatic heterocycles. The first-order chi connectivity index (χ1) is 54.5. The number of ether oxygens (including phenoxy) is 4. The zero-order valence-electron chi connectivity index (χ0n) is 68.2. The lowest BCUT2D eigenvalue weighted by Crippen LogP contribution is -2.41. The maximum atomic E-state index is 14.0. The quantitative estimate of drug-likeness (QED) is 0.0160. The van der Waals surface area contributed by atoms with E-state index in [9.17, 15) is 28.8 Å². The monoisotopic (exact) mass is 1690 g/mol. The number of benzene rings is 5. The molecule has 0 bridgehead atoms. The molecule has 1 aliphatic rings. The number of unbranched alkanes of at least 4 members (excludes halogenated alkanes) is 6. The molecule has 0 aliphatic carbocycles. The molecular weight excluding hydrogens is 1590 g/mol. The smallest absolute Gasteiger partial charge is 0.460 e. The van der Waals surface area contributed by atoms with Gasteiger partial charge < -0.3 is 50.6 Å². The van der Waals surface area contributed by atoms with Crippen LogP contribution >= 0.6 is 31.9 Å². The third-order valence-electron chi connectivity index (χ3n) is 20.0. The van der Waals surface area contributed by atoms with Crippen molar-refractivity contribution in [1.82, 2.24) is 38.7 Å². The second-order valence-corrected chi connectivity index (χ2v) is 30.5. The Morgan fingerprint density at radius 3 is 1.23 bits per heavy atom. The average molecular weight is 1690 g/mol. The Balaban J connectivity index is 0.000000168. The topological polar surface area (TPSA) is 278 Å². The fourth-order valence-corrected chi connectivity index (χ4v) is 13.9. The highest BCUT2D eigenvalue weighted by molar-refractivity contribution is 9.10. The predicted molar refractivity (Wildman–Crippen MR) is 451 cm³/mol. The Morgan fingerprint density at radius 1 is 0.456 bits per heavy atom. The van der Waals surface area contributed by atoms with Crippen molar-refractivity contribution in [3.8, 4) is 11.1 Å². The van der Waals surface area contributed by atoms with Crippen molar-refractivity contribution in [2.75, 3.05) is 60.8 Å². The molecule has 29 heteroatoms. The normalized spacial score (nSPS) is 12.8. The van der Waals surface area contributed by atoms with E-state index in [1.165, 1.54) is 9.80 Å². The molecule has 114 heavy (non-hydrogen) atoms. The van der Waals surface area contributed by atoms with Crippen LogP contribution < -0.4 is 20.2 Å². The Labute approximate surface area is 681 Å². The van der Waals surface area contributed by atoms with E-state index in [0.717, 1.165) is 117 Å². The summed E-state index contributed by atoms with van der Waals surface area (Å²) in [5.74, 6) is 0.722. The van der Waals surface area contributed by atoms with E-state index in [-0.39, 0.29) is 73.6 Å². The van der Waals surface area contributed by atoms with Crippen LogP contribution in [-0.2, 0) is 56.4 Å². The molecule has 3 amide bonds. The largest absolute Gasteiger partial charge is 0.498 e. The molecule has 1 aliphatic heterocycles. The van der Waals surface area contributed by atoms with Crippen LogP contribution in [0, 0.1) is 13.8 Å². The number of hydrogen-bond donors (Lipinski definition) is 0. The van der Waals surface area contributed by atoms with E-state index in [0.29, 0.717) is 80.7 Å². The van der Waals surface area contributed by atoms with Crippen LogP contribution in [0.2, 0.25) is 0 Å². The van der Waals surface area contributed by atoms with Gasteiger partial charge in [-0.15, -0.1) is 0 Å². The molecule has 13 rings (SSSR count). The molecule has 0 saturated carbocycles. The Morgan fingerprint density at radius 2 is 0.842 bits per heavy atom. The van der Waals surface area contributed by atoms with E-state index in [2.05, 4.69) is 72.8 Å². The summed E-state index contributed by atoms with van der Waals surface area (Å²) >= 11 is 6.93. The summed E-state index contributed by atoms with van der Waals surface area (Å²) in [4.78, 5) is 92.8. The van der Waals surface area contributed by atoms with Gasteiger partial charge in [0.25, 0.3) is 0 Å². The molecule has 1 saturated heterocycles. The second-order valence-electron chi connectivity index (χ2n) is 28.7. The first kappa shape index (κ1) is 86.1. The van der Waals surface area contributed by atoms with Crippen molar-refractivity contribution in [1.29, 1.82) is 0 Å². The number of furan rings is 3. The summed E-state index contributed by atoms with van der Waals surface area (Å²) < 4.78 is 60.0. The van der Waals surface area contributed by atoms with Crippen molar-refractivity contribution in [2.45, 2.75) is 159 Å². The third kappa shape index (κ3) is 19.4. The Hall–Kier alpha value is -10.4. The number of carbonyl (C=O) groups excluding carboxylic acids is 6. The minimum atomic E-state index is -0.598. The van der Waals surface area contributed by atoms with Gasteiger partial charge in [0.05, 0.1) is 65.9 Å². The molecule has 8 heterocycles. The number of imidazole rings is 2. The highest BCUT2D eigenvalue weighted by atomic mass is 79.9. The second kappa shape index (κ2) is 38.2. The van der Waals surface area contributed by atoms with Gasteiger partial charge in [0.1, 0.15) is 45.5 Å². The molecule has 0 atom stereocenters. The number of aromatic nitrogens is 8. The van der Waals surface area contributed by atoms with Crippen molar-refractivity contribution >= 4 is 152 Å². The maximum Gasteiger partial charge on any atom is 0.498 e. The zero-order chi connectivity index (χ0) is 82.5. The molecule has 26 nitrogen and oxygen atoms in total. The standard InChI is InChI=1S/C30H33N5O4.C26H28BrN3O4.C19H24BrNO5.C10H17BN2O2/c1-6-8-9-14-35(30(37)38-7-2)27-23-15-20(22-17-31-33(4)18-22)11-13-26(23)39-29(27)28(36)21-10-12-25-24(16-21)32-19(3)34(25)5;1-5-7-8-13-30(26(32)33-6-2)23-19-15-18(27)10-12-22(19)34-25(23)24(31)17-9-11-21-20(14-17)28-16(3)29(21)4;1-4-7-8-11-21(19(23)25-6-3)16-14-12-13(20)9-10-15(14)26-17(16)18(22)24-5-2;1-9(2)10(3,4)15-11(14-9)8-6-12-13(5)7-8/h10-13,15-18H,6-9,14H2,1-5H3;9-12,14-15H,5-8,13H2,1-4H3;9-10,12H,4-8,11H2,1-3H3;6-7H,1-5H3. The van der Waals surface area contributed by atoms with E-state index < -0.39 is 24.2 Å². The summed E-state index contributed by atoms with van der Waals surface area (Å²) in [6, 6.07) is 27.4. The van der Waals surface area contributed by atoms with Gasteiger partial charge in [-0.25, -0.2) is 29.1 Å². The molecule has 604 valence electrons. The van der Waals surface area contributed by atoms with Crippen LogP contribution in [0.3, 0.4) is 0 Å². The number of hydrogen-bond acceptors (Lipinski definition) is 19. The Bertz CT molecular complexity index is 5420. The first-order valence-electron chi connectivity index (χ1n) is 38.8. The number of ketones is 2. The summed E-state index contributed by atoms with van der Waals surface area (Å²) in [5, 5.41) is 10.4.